The second kappa shape index (κ2) is 10.9. The molecule has 3 N–H and O–H groups in total. The van der Waals surface area contributed by atoms with Crippen LogP contribution in [-0.2, 0) is 4.79 Å². The van der Waals surface area contributed by atoms with E-state index in [0.29, 0.717) is 22.8 Å². The maximum absolute atomic E-state index is 12.5. The van der Waals surface area contributed by atoms with Crippen LogP contribution in [-0.4, -0.2) is 40.8 Å². The summed E-state index contributed by atoms with van der Waals surface area (Å²) in [6.45, 7) is 0. The number of carbonyl (C=O) groups is 3. The number of thioether (sulfide) groups is 1. The van der Waals surface area contributed by atoms with E-state index in [0.717, 1.165) is 0 Å². The smallest absolute Gasteiger partial charge is 0.269 e. The number of nitrogens with one attached hydrogen (secondary N) is 3. The molecule has 7 nitrogen and oxygen atoms in total. The van der Waals surface area contributed by atoms with Crippen LogP contribution in [0.4, 0.5) is 0 Å². The highest BCUT2D eigenvalue weighted by Crippen LogP contribution is 2.21. The highest BCUT2D eigenvalue weighted by Gasteiger charge is 2.23. The van der Waals surface area contributed by atoms with E-state index < -0.39 is 23.8 Å². The van der Waals surface area contributed by atoms with Gasteiger partial charge in [0.05, 0.1) is 10.6 Å². The first-order valence-corrected chi connectivity index (χ1v) is 10.3. The van der Waals surface area contributed by atoms with Crippen LogP contribution in [0.5, 0.6) is 0 Å². The summed E-state index contributed by atoms with van der Waals surface area (Å²) in [5.74, 6) is -0.921. The maximum Gasteiger partial charge on any atom is 0.269 e. The fraction of sp³-hybridized carbons (Fsp3) is 0.222. The van der Waals surface area contributed by atoms with Crippen molar-refractivity contribution in [2.24, 2.45) is 0 Å². The first-order valence-electron chi connectivity index (χ1n) is 8.17. The number of nitrogens with zero attached hydrogens (tertiary/aromatic N) is 1. The summed E-state index contributed by atoms with van der Waals surface area (Å²) in [6, 6.07) is 6.63. The number of amides is 3. The fourth-order valence-corrected chi connectivity index (χ4v) is 3.16. The van der Waals surface area contributed by atoms with E-state index in [9.17, 15) is 14.4 Å². The van der Waals surface area contributed by atoms with Crippen molar-refractivity contribution >= 4 is 52.7 Å². The molecule has 0 bridgehead atoms. The molecule has 0 fully saturated rings. The van der Waals surface area contributed by atoms with Crippen molar-refractivity contribution in [1.82, 2.24) is 21.2 Å². The summed E-state index contributed by atoms with van der Waals surface area (Å²) in [7, 11) is 0. The molecule has 1 unspecified atom stereocenters. The molecule has 2 aromatic rings. The Morgan fingerprint density at radius 2 is 1.79 bits per heavy atom. The third-order valence-corrected chi connectivity index (χ3v) is 4.84. The standard InChI is InChI=1S/C18H18Cl2N4O3S/c1-28-9-6-15(22-17(26)13-3-2-12(19)10-14(13)20)18(27)24-23-16(25)11-4-7-21-8-5-11/h2-5,7-8,10,15H,6,9H2,1H3,(H,22,26)(H,23,25)(H,24,27). The number of hydrogen-bond acceptors (Lipinski definition) is 5. The number of halogens is 2. The Hall–Kier alpha value is -2.29. The Bertz CT molecular complexity index is 852. The second-order valence-electron chi connectivity index (χ2n) is 5.61. The van der Waals surface area contributed by atoms with Gasteiger partial charge in [-0.3, -0.25) is 30.2 Å². The normalized spacial score (nSPS) is 11.4. The molecule has 0 saturated carbocycles. The molecular weight excluding hydrogens is 423 g/mol. The first kappa shape index (κ1) is 22.0. The minimum Gasteiger partial charge on any atom is -0.340 e. The molecule has 0 aliphatic rings. The zero-order chi connectivity index (χ0) is 20.5. The monoisotopic (exact) mass is 440 g/mol. The molecule has 1 atom stereocenters. The molecule has 0 saturated heterocycles. The molecule has 1 aromatic heterocycles. The van der Waals surface area contributed by atoms with Crippen LogP contribution in [0.1, 0.15) is 27.1 Å². The van der Waals surface area contributed by atoms with Gasteiger partial charge >= 0.3 is 0 Å². The molecule has 2 rings (SSSR count). The van der Waals surface area contributed by atoms with Crippen LogP contribution in [0.15, 0.2) is 42.7 Å². The summed E-state index contributed by atoms with van der Waals surface area (Å²) < 4.78 is 0. The number of carbonyl (C=O) groups excluding carboxylic acids is 3. The zero-order valence-electron chi connectivity index (χ0n) is 14.9. The van der Waals surface area contributed by atoms with E-state index in [1.54, 1.807) is 0 Å². The van der Waals surface area contributed by atoms with Crippen molar-refractivity contribution in [2.45, 2.75) is 12.5 Å². The van der Waals surface area contributed by atoms with Crippen LogP contribution < -0.4 is 16.2 Å². The van der Waals surface area contributed by atoms with Crippen molar-refractivity contribution in [1.29, 1.82) is 0 Å². The van der Waals surface area contributed by atoms with Gasteiger partial charge in [-0.2, -0.15) is 11.8 Å². The average molecular weight is 441 g/mol. The largest absolute Gasteiger partial charge is 0.340 e. The Morgan fingerprint density at radius 1 is 1.07 bits per heavy atom. The maximum atomic E-state index is 12.5. The first-order chi connectivity index (χ1) is 13.4. The lowest BCUT2D eigenvalue weighted by Crippen LogP contribution is -2.52. The van der Waals surface area contributed by atoms with Crippen molar-refractivity contribution in [3.8, 4) is 0 Å². The summed E-state index contributed by atoms with van der Waals surface area (Å²) in [4.78, 5) is 40.8. The van der Waals surface area contributed by atoms with E-state index in [1.807, 2.05) is 6.26 Å². The molecule has 1 aromatic carbocycles. The van der Waals surface area contributed by atoms with Gasteiger partial charge < -0.3 is 5.32 Å². The molecule has 0 radical (unpaired) electrons. The molecule has 0 aliphatic heterocycles. The summed E-state index contributed by atoms with van der Waals surface area (Å²) in [6.07, 6.45) is 5.19. The molecule has 1 heterocycles. The SMILES string of the molecule is CSCCC(NC(=O)c1ccc(Cl)cc1Cl)C(=O)NNC(=O)c1ccncc1. The van der Waals surface area contributed by atoms with Gasteiger partial charge in [0.25, 0.3) is 17.7 Å². The Labute approximate surface area is 176 Å². The van der Waals surface area contributed by atoms with Crippen LogP contribution in [0.25, 0.3) is 0 Å². The average Bonchev–Trinajstić information content (AvgIpc) is 2.69. The van der Waals surface area contributed by atoms with E-state index in [2.05, 4.69) is 21.2 Å². The van der Waals surface area contributed by atoms with Crippen LogP contribution in [0, 0.1) is 0 Å². The third kappa shape index (κ3) is 6.40. The number of aromatic nitrogens is 1. The van der Waals surface area contributed by atoms with Gasteiger partial charge in [-0.1, -0.05) is 23.2 Å². The van der Waals surface area contributed by atoms with Gasteiger partial charge in [0.2, 0.25) is 0 Å². The number of hydrogen-bond donors (Lipinski definition) is 3. The lowest BCUT2D eigenvalue weighted by atomic mass is 10.1. The van der Waals surface area contributed by atoms with Crippen LogP contribution in [0.2, 0.25) is 10.0 Å². The van der Waals surface area contributed by atoms with E-state index >= 15 is 0 Å². The van der Waals surface area contributed by atoms with Gasteiger partial charge in [-0.15, -0.1) is 0 Å². The second-order valence-corrected chi connectivity index (χ2v) is 7.44. The van der Waals surface area contributed by atoms with Crippen molar-refractivity contribution in [3.05, 3.63) is 63.9 Å². The lowest BCUT2D eigenvalue weighted by Gasteiger charge is -2.19. The van der Waals surface area contributed by atoms with Crippen molar-refractivity contribution in [3.63, 3.8) is 0 Å². The quantitative estimate of drug-likeness (QED) is 0.574. The highest BCUT2D eigenvalue weighted by atomic mass is 35.5. The highest BCUT2D eigenvalue weighted by molar-refractivity contribution is 7.98. The minimum absolute atomic E-state index is 0.181. The molecule has 28 heavy (non-hydrogen) atoms. The molecule has 148 valence electrons. The van der Waals surface area contributed by atoms with Crippen molar-refractivity contribution in [2.75, 3.05) is 12.0 Å². The summed E-state index contributed by atoms with van der Waals surface area (Å²) >= 11 is 13.4. The van der Waals surface area contributed by atoms with Gasteiger partial charge in [-0.05, 0) is 48.8 Å². The number of pyridine rings is 1. The third-order valence-electron chi connectivity index (χ3n) is 3.65. The number of rotatable bonds is 7. The van der Waals surface area contributed by atoms with Crippen LogP contribution >= 0.6 is 35.0 Å². The fourth-order valence-electron chi connectivity index (χ4n) is 2.20. The van der Waals surface area contributed by atoms with Crippen molar-refractivity contribution < 1.29 is 14.4 Å². The summed E-state index contributed by atoms with van der Waals surface area (Å²) in [5, 5.41) is 3.22. The molecule has 10 heteroatoms. The number of hydrazine groups is 1. The number of benzene rings is 1. The van der Waals surface area contributed by atoms with Gasteiger partial charge in [0.15, 0.2) is 0 Å². The zero-order valence-corrected chi connectivity index (χ0v) is 17.2. The molecule has 0 aliphatic carbocycles. The van der Waals surface area contributed by atoms with Crippen LogP contribution in [0.3, 0.4) is 0 Å². The van der Waals surface area contributed by atoms with E-state index in [1.165, 1.54) is 54.5 Å². The topological polar surface area (TPSA) is 100 Å². The summed E-state index contributed by atoms with van der Waals surface area (Å²) in [5.41, 5.74) is 5.20. The Balaban J connectivity index is 2.02. The Kier molecular flexibility index (Phi) is 8.56. The molecule has 0 spiro atoms. The predicted molar refractivity (Wildman–Crippen MR) is 111 cm³/mol. The lowest BCUT2D eigenvalue weighted by molar-refractivity contribution is -0.123. The minimum atomic E-state index is -0.857. The van der Waals surface area contributed by atoms with Gasteiger partial charge in [0.1, 0.15) is 6.04 Å². The van der Waals surface area contributed by atoms with Gasteiger partial charge in [-0.25, -0.2) is 0 Å². The van der Waals surface area contributed by atoms with E-state index in [4.69, 9.17) is 23.2 Å². The Morgan fingerprint density at radius 3 is 2.43 bits per heavy atom. The predicted octanol–water partition coefficient (Wildman–Crippen LogP) is 2.70. The molecule has 3 amide bonds. The molecular formula is C18H18Cl2N4O3S. The van der Waals surface area contributed by atoms with Gasteiger partial charge in [0, 0.05) is 23.0 Å². The van der Waals surface area contributed by atoms with E-state index in [-0.39, 0.29) is 10.6 Å².